The van der Waals surface area contributed by atoms with Gasteiger partial charge in [-0.2, -0.15) is 0 Å². The smallest absolute Gasteiger partial charge is 0.122 e. The molecule has 0 saturated heterocycles. The van der Waals surface area contributed by atoms with Gasteiger partial charge in [-0.15, -0.1) is 0 Å². The quantitative estimate of drug-likeness (QED) is 0.909. The number of rotatable bonds is 3. The van der Waals surface area contributed by atoms with E-state index in [1.807, 2.05) is 12.1 Å². The third-order valence-corrected chi connectivity index (χ3v) is 4.40. The van der Waals surface area contributed by atoms with Crippen LogP contribution in [0.15, 0.2) is 46.9 Å². The van der Waals surface area contributed by atoms with E-state index in [-0.39, 0.29) is 0 Å². The molecular formula is C16H16BrNO. The van der Waals surface area contributed by atoms with E-state index in [4.69, 9.17) is 4.74 Å². The second-order valence-electron chi connectivity index (χ2n) is 4.89. The molecule has 0 spiro atoms. The standard InChI is InChI=1S/C16H16BrNO/c1-11-8-13(6-7-15(11)17)18-9-12-10-19-16-5-3-2-4-14(12)16/h2-8,12,18H,9-10H2,1H3. The maximum absolute atomic E-state index is 5.69. The Morgan fingerprint density at radius 3 is 2.95 bits per heavy atom. The number of benzene rings is 2. The van der Waals surface area contributed by atoms with Gasteiger partial charge in [-0.1, -0.05) is 34.1 Å². The largest absolute Gasteiger partial charge is 0.493 e. The number of ether oxygens (including phenoxy) is 1. The lowest BCUT2D eigenvalue weighted by Crippen LogP contribution is -2.13. The number of hydrogen-bond acceptors (Lipinski definition) is 2. The van der Waals surface area contributed by atoms with Gasteiger partial charge < -0.3 is 10.1 Å². The summed E-state index contributed by atoms with van der Waals surface area (Å²) in [5.41, 5.74) is 3.71. The van der Waals surface area contributed by atoms with Gasteiger partial charge in [0, 0.05) is 28.2 Å². The summed E-state index contributed by atoms with van der Waals surface area (Å²) in [4.78, 5) is 0. The molecule has 1 N–H and O–H groups in total. The molecule has 1 aliphatic rings. The molecule has 0 bridgehead atoms. The van der Waals surface area contributed by atoms with Crippen LogP contribution in [0.3, 0.4) is 0 Å². The molecule has 0 fully saturated rings. The zero-order valence-electron chi connectivity index (χ0n) is 10.8. The van der Waals surface area contributed by atoms with E-state index in [2.05, 4.69) is 58.5 Å². The Morgan fingerprint density at radius 2 is 2.11 bits per heavy atom. The molecule has 1 unspecified atom stereocenters. The molecular weight excluding hydrogens is 302 g/mol. The van der Waals surface area contributed by atoms with E-state index >= 15 is 0 Å². The van der Waals surface area contributed by atoms with Gasteiger partial charge in [0.2, 0.25) is 0 Å². The van der Waals surface area contributed by atoms with Crippen molar-refractivity contribution in [3.63, 3.8) is 0 Å². The molecule has 0 amide bonds. The van der Waals surface area contributed by atoms with Gasteiger partial charge in [-0.05, 0) is 36.8 Å². The summed E-state index contributed by atoms with van der Waals surface area (Å²) in [6, 6.07) is 14.6. The number of aryl methyl sites for hydroxylation is 1. The van der Waals surface area contributed by atoms with Crippen molar-refractivity contribution in [3.8, 4) is 5.75 Å². The topological polar surface area (TPSA) is 21.3 Å². The Bertz CT molecular complexity index is 597. The molecule has 3 heteroatoms. The zero-order chi connectivity index (χ0) is 13.2. The van der Waals surface area contributed by atoms with Crippen molar-refractivity contribution in [1.29, 1.82) is 0 Å². The van der Waals surface area contributed by atoms with Crippen LogP contribution in [0.2, 0.25) is 0 Å². The van der Waals surface area contributed by atoms with Crippen LogP contribution in [-0.4, -0.2) is 13.2 Å². The highest BCUT2D eigenvalue weighted by Crippen LogP contribution is 2.33. The van der Waals surface area contributed by atoms with Gasteiger partial charge in [0.1, 0.15) is 5.75 Å². The third kappa shape index (κ3) is 2.61. The molecule has 3 rings (SSSR count). The van der Waals surface area contributed by atoms with Crippen LogP contribution in [0, 0.1) is 6.92 Å². The first kappa shape index (κ1) is 12.5. The van der Waals surface area contributed by atoms with Crippen molar-refractivity contribution >= 4 is 21.6 Å². The van der Waals surface area contributed by atoms with Crippen molar-refractivity contribution in [2.75, 3.05) is 18.5 Å². The van der Waals surface area contributed by atoms with Gasteiger partial charge in [0.05, 0.1) is 6.61 Å². The molecule has 2 aromatic rings. The second kappa shape index (κ2) is 5.25. The minimum absolute atomic E-state index is 0.431. The number of fused-ring (bicyclic) bond motifs is 1. The maximum atomic E-state index is 5.69. The maximum Gasteiger partial charge on any atom is 0.122 e. The van der Waals surface area contributed by atoms with Crippen LogP contribution in [0.5, 0.6) is 5.75 Å². The average Bonchev–Trinajstić information content (AvgIpc) is 2.83. The molecule has 0 saturated carbocycles. The van der Waals surface area contributed by atoms with E-state index in [1.54, 1.807) is 0 Å². The normalized spacial score (nSPS) is 16.8. The Labute approximate surface area is 121 Å². The monoisotopic (exact) mass is 317 g/mol. The van der Waals surface area contributed by atoms with Crippen molar-refractivity contribution in [1.82, 2.24) is 0 Å². The Kier molecular flexibility index (Phi) is 3.47. The van der Waals surface area contributed by atoms with Crippen molar-refractivity contribution in [2.24, 2.45) is 0 Å². The minimum atomic E-state index is 0.431. The van der Waals surface area contributed by atoms with E-state index in [0.29, 0.717) is 5.92 Å². The van der Waals surface area contributed by atoms with Gasteiger partial charge >= 0.3 is 0 Å². The van der Waals surface area contributed by atoms with Crippen molar-refractivity contribution in [2.45, 2.75) is 12.8 Å². The molecule has 2 aromatic carbocycles. The fourth-order valence-corrected chi connectivity index (χ4v) is 2.64. The van der Waals surface area contributed by atoms with E-state index in [1.165, 1.54) is 11.1 Å². The fraction of sp³-hybridized carbons (Fsp3) is 0.250. The van der Waals surface area contributed by atoms with Gasteiger partial charge in [-0.3, -0.25) is 0 Å². The molecule has 1 aliphatic heterocycles. The summed E-state index contributed by atoms with van der Waals surface area (Å²) in [6.45, 7) is 3.77. The Hall–Kier alpha value is -1.48. The number of anilines is 1. The summed E-state index contributed by atoms with van der Waals surface area (Å²) in [7, 11) is 0. The van der Waals surface area contributed by atoms with Crippen LogP contribution in [0.1, 0.15) is 17.0 Å². The summed E-state index contributed by atoms with van der Waals surface area (Å²) in [5, 5.41) is 3.49. The number of para-hydroxylation sites is 1. The molecule has 98 valence electrons. The second-order valence-corrected chi connectivity index (χ2v) is 5.74. The van der Waals surface area contributed by atoms with Gasteiger partial charge in [-0.25, -0.2) is 0 Å². The summed E-state index contributed by atoms with van der Waals surface area (Å²) < 4.78 is 6.84. The Balaban J connectivity index is 1.69. The van der Waals surface area contributed by atoms with Crippen LogP contribution >= 0.6 is 15.9 Å². The number of hydrogen-bond donors (Lipinski definition) is 1. The fourth-order valence-electron chi connectivity index (χ4n) is 2.39. The molecule has 0 radical (unpaired) electrons. The van der Waals surface area contributed by atoms with E-state index in [9.17, 15) is 0 Å². The van der Waals surface area contributed by atoms with Gasteiger partial charge in [0.25, 0.3) is 0 Å². The number of halogens is 1. The number of nitrogens with one attached hydrogen (secondary N) is 1. The average molecular weight is 318 g/mol. The summed E-state index contributed by atoms with van der Waals surface area (Å²) >= 11 is 3.52. The highest BCUT2D eigenvalue weighted by Gasteiger charge is 2.23. The lowest BCUT2D eigenvalue weighted by atomic mass is 10.0. The predicted molar refractivity (Wildman–Crippen MR) is 82.0 cm³/mol. The zero-order valence-corrected chi connectivity index (χ0v) is 12.4. The SMILES string of the molecule is Cc1cc(NCC2COc3ccccc32)ccc1Br. The van der Waals surface area contributed by atoms with Crippen molar-refractivity contribution in [3.05, 3.63) is 58.1 Å². The van der Waals surface area contributed by atoms with Crippen LogP contribution in [0.4, 0.5) is 5.69 Å². The lowest BCUT2D eigenvalue weighted by molar-refractivity contribution is 0.334. The Morgan fingerprint density at radius 1 is 1.26 bits per heavy atom. The minimum Gasteiger partial charge on any atom is -0.493 e. The highest BCUT2D eigenvalue weighted by molar-refractivity contribution is 9.10. The lowest BCUT2D eigenvalue weighted by Gasteiger charge is -2.12. The first-order valence-corrected chi connectivity index (χ1v) is 7.25. The van der Waals surface area contributed by atoms with Gasteiger partial charge in [0.15, 0.2) is 0 Å². The molecule has 2 nitrogen and oxygen atoms in total. The molecule has 0 aromatic heterocycles. The predicted octanol–water partition coefficient (Wildman–Crippen LogP) is 4.35. The van der Waals surface area contributed by atoms with Crippen LogP contribution in [-0.2, 0) is 0 Å². The van der Waals surface area contributed by atoms with E-state index in [0.717, 1.165) is 29.1 Å². The molecule has 0 aliphatic carbocycles. The first-order valence-electron chi connectivity index (χ1n) is 6.46. The summed E-state index contributed by atoms with van der Waals surface area (Å²) in [6.07, 6.45) is 0. The van der Waals surface area contributed by atoms with Crippen LogP contribution in [0.25, 0.3) is 0 Å². The molecule has 1 heterocycles. The van der Waals surface area contributed by atoms with E-state index < -0.39 is 0 Å². The first-order chi connectivity index (χ1) is 9.24. The van der Waals surface area contributed by atoms with Crippen LogP contribution < -0.4 is 10.1 Å². The third-order valence-electron chi connectivity index (χ3n) is 3.51. The highest BCUT2D eigenvalue weighted by atomic mass is 79.9. The summed E-state index contributed by atoms with van der Waals surface area (Å²) in [5.74, 6) is 1.46. The molecule has 1 atom stereocenters. The molecule has 19 heavy (non-hydrogen) atoms. The van der Waals surface area contributed by atoms with Crippen molar-refractivity contribution < 1.29 is 4.74 Å².